The first-order valence-corrected chi connectivity index (χ1v) is 4.20. The zero-order valence-corrected chi connectivity index (χ0v) is 6.37. The Morgan fingerprint density at radius 1 is 1.25 bits per heavy atom. The summed E-state index contributed by atoms with van der Waals surface area (Å²) in [6.07, 6.45) is 0. The molecule has 0 aromatic carbocycles. The van der Waals surface area contributed by atoms with Crippen molar-refractivity contribution in [2.24, 2.45) is 0 Å². The van der Waals surface area contributed by atoms with E-state index < -0.39 is 0 Å². The zero-order valence-electron chi connectivity index (χ0n) is 5.55. The van der Waals surface area contributed by atoms with Gasteiger partial charge in [0.1, 0.15) is 0 Å². The van der Waals surface area contributed by atoms with Crippen molar-refractivity contribution >= 4 is 11.8 Å². The minimum absolute atomic E-state index is 0.874. The van der Waals surface area contributed by atoms with Crippen LogP contribution in [0.4, 0.5) is 0 Å². The monoisotopic (exact) mass is 132 g/mol. The Balaban J connectivity index is 2.23. The van der Waals surface area contributed by atoms with Gasteiger partial charge in [-0.15, -0.1) is 11.8 Å². The van der Waals surface area contributed by atoms with Crippen LogP contribution in [0, 0.1) is 0 Å². The maximum Gasteiger partial charge on any atom is 0.0873 e. The summed E-state index contributed by atoms with van der Waals surface area (Å²) in [6.45, 7) is 7.23. The highest BCUT2D eigenvalue weighted by molar-refractivity contribution is 8.00. The zero-order chi connectivity index (χ0) is 5.98. The van der Waals surface area contributed by atoms with Gasteiger partial charge in [0.25, 0.3) is 0 Å². The molecule has 0 aromatic heterocycles. The fraction of sp³-hybridized carbons (Fsp3) is 1.00. The molecule has 0 aliphatic carbocycles. The van der Waals surface area contributed by atoms with E-state index in [0.717, 1.165) is 10.5 Å². The summed E-state index contributed by atoms with van der Waals surface area (Å²) in [5.41, 5.74) is 0. The average molecular weight is 132 g/mol. The summed E-state index contributed by atoms with van der Waals surface area (Å²) in [5, 5.41) is 4.16. The van der Waals surface area contributed by atoms with E-state index in [1.807, 2.05) is 0 Å². The molecule has 2 atom stereocenters. The van der Waals surface area contributed by atoms with Crippen molar-refractivity contribution < 1.29 is 5.32 Å². The lowest BCUT2D eigenvalue weighted by atomic mass is 10.4. The molecule has 8 heavy (non-hydrogen) atoms. The van der Waals surface area contributed by atoms with E-state index in [0.29, 0.717) is 0 Å². The van der Waals surface area contributed by atoms with Gasteiger partial charge in [-0.05, 0) is 13.8 Å². The number of hydrogen-bond acceptors (Lipinski definition) is 1. The summed E-state index contributed by atoms with van der Waals surface area (Å²) in [5.74, 6) is 0. The van der Waals surface area contributed by atoms with Crippen LogP contribution in [0.3, 0.4) is 0 Å². The van der Waals surface area contributed by atoms with Gasteiger partial charge in [0, 0.05) is 0 Å². The van der Waals surface area contributed by atoms with Crippen LogP contribution in [0.15, 0.2) is 0 Å². The van der Waals surface area contributed by atoms with E-state index in [-0.39, 0.29) is 0 Å². The largest absolute Gasteiger partial charge is 0.344 e. The van der Waals surface area contributed by atoms with Gasteiger partial charge in [-0.25, -0.2) is 0 Å². The van der Waals surface area contributed by atoms with Gasteiger partial charge >= 0.3 is 0 Å². The van der Waals surface area contributed by atoms with E-state index in [1.54, 1.807) is 0 Å². The molecule has 48 valence electrons. The van der Waals surface area contributed by atoms with Crippen molar-refractivity contribution in [3.05, 3.63) is 0 Å². The number of hydrogen-bond donors (Lipinski definition) is 1. The molecule has 1 fully saturated rings. The molecule has 1 aliphatic heterocycles. The van der Waals surface area contributed by atoms with Crippen LogP contribution in [0.25, 0.3) is 0 Å². The standard InChI is InChI=1S/C6H13NS/c1-5-3-7-4-6(2)8-5/h5-7H,3-4H2,1-2H3/p+1. The summed E-state index contributed by atoms with van der Waals surface area (Å²) >= 11 is 2.11. The number of rotatable bonds is 0. The maximum absolute atomic E-state index is 2.41. The van der Waals surface area contributed by atoms with E-state index in [9.17, 15) is 0 Å². The molecule has 0 bridgehead atoms. The van der Waals surface area contributed by atoms with Gasteiger partial charge in [-0.2, -0.15) is 0 Å². The predicted octanol–water partition coefficient (Wildman–Crippen LogP) is 0.0736. The topological polar surface area (TPSA) is 16.6 Å². The van der Waals surface area contributed by atoms with Gasteiger partial charge in [0.05, 0.1) is 23.6 Å². The van der Waals surface area contributed by atoms with E-state index in [2.05, 4.69) is 30.9 Å². The highest BCUT2D eigenvalue weighted by Crippen LogP contribution is 2.16. The Morgan fingerprint density at radius 3 is 2.00 bits per heavy atom. The maximum atomic E-state index is 2.41. The van der Waals surface area contributed by atoms with Crippen LogP contribution >= 0.6 is 11.8 Å². The smallest absolute Gasteiger partial charge is 0.0873 e. The van der Waals surface area contributed by atoms with E-state index in [4.69, 9.17) is 0 Å². The number of thioether (sulfide) groups is 1. The molecule has 2 N–H and O–H groups in total. The van der Waals surface area contributed by atoms with E-state index in [1.165, 1.54) is 13.1 Å². The third-order valence-electron chi connectivity index (χ3n) is 1.46. The fourth-order valence-electron chi connectivity index (χ4n) is 1.07. The second-order valence-corrected chi connectivity index (χ2v) is 4.40. The van der Waals surface area contributed by atoms with Crippen LogP contribution in [-0.4, -0.2) is 23.6 Å². The highest BCUT2D eigenvalue weighted by atomic mass is 32.2. The number of nitrogens with two attached hydrogens (primary N) is 1. The van der Waals surface area contributed by atoms with E-state index >= 15 is 0 Å². The molecule has 1 saturated heterocycles. The molecule has 1 heterocycles. The van der Waals surface area contributed by atoms with Crippen molar-refractivity contribution in [2.75, 3.05) is 13.1 Å². The lowest BCUT2D eigenvalue weighted by molar-refractivity contribution is -0.654. The lowest BCUT2D eigenvalue weighted by Crippen LogP contribution is -2.89. The van der Waals surface area contributed by atoms with Crippen LogP contribution < -0.4 is 5.32 Å². The van der Waals surface area contributed by atoms with Gasteiger partial charge in [0.15, 0.2) is 0 Å². The third kappa shape index (κ3) is 1.67. The second kappa shape index (κ2) is 2.74. The second-order valence-electron chi connectivity index (χ2n) is 2.52. The van der Waals surface area contributed by atoms with Crippen LogP contribution in [0.1, 0.15) is 13.8 Å². The third-order valence-corrected chi connectivity index (χ3v) is 2.78. The van der Waals surface area contributed by atoms with Crippen molar-refractivity contribution in [1.29, 1.82) is 0 Å². The molecule has 2 heteroatoms. The Morgan fingerprint density at radius 2 is 1.75 bits per heavy atom. The molecule has 0 spiro atoms. The molecule has 0 aromatic rings. The summed E-state index contributed by atoms with van der Waals surface area (Å²) < 4.78 is 0. The van der Waals surface area contributed by atoms with Gasteiger partial charge < -0.3 is 5.32 Å². The van der Waals surface area contributed by atoms with Gasteiger partial charge in [-0.3, -0.25) is 0 Å². The van der Waals surface area contributed by atoms with Crippen molar-refractivity contribution in [2.45, 2.75) is 24.3 Å². The van der Waals surface area contributed by atoms with Crippen LogP contribution in [0.5, 0.6) is 0 Å². The minimum Gasteiger partial charge on any atom is -0.344 e. The molecular weight excluding hydrogens is 118 g/mol. The summed E-state index contributed by atoms with van der Waals surface area (Å²) in [6, 6.07) is 0. The minimum atomic E-state index is 0.874. The Labute approximate surface area is 55.2 Å². The molecule has 1 rings (SSSR count). The Bertz CT molecular complexity index is 66.9. The van der Waals surface area contributed by atoms with Crippen LogP contribution in [0.2, 0.25) is 0 Å². The predicted molar refractivity (Wildman–Crippen MR) is 38.2 cm³/mol. The quantitative estimate of drug-likeness (QED) is 0.493. The lowest BCUT2D eigenvalue weighted by Gasteiger charge is -2.20. The number of quaternary nitrogens is 1. The van der Waals surface area contributed by atoms with Crippen LogP contribution in [-0.2, 0) is 0 Å². The molecule has 2 unspecified atom stereocenters. The summed E-state index contributed by atoms with van der Waals surface area (Å²) in [7, 11) is 0. The molecule has 0 saturated carbocycles. The average Bonchev–Trinajstić information content (AvgIpc) is 1.64. The SMILES string of the molecule is CC1C[NH2+]CC(C)S1. The first-order chi connectivity index (χ1) is 3.79. The van der Waals surface area contributed by atoms with Crippen molar-refractivity contribution in [1.82, 2.24) is 0 Å². The summed E-state index contributed by atoms with van der Waals surface area (Å²) in [4.78, 5) is 0. The molecule has 1 aliphatic rings. The highest BCUT2D eigenvalue weighted by Gasteiger charge is 2.16. The molecule has 0 radical (unpaired) electrons. The Kier molecular flexibility index (Phi) is 2.20. The van der Waals surface area contributed by atoms with Gasteiger partial charge in [0.2, 0.25) is 0 Å². The first kappa shape index (κ1) is 6.43. The molecule has 0 amide bonds. The fourth-order valence-corrected chi connectivity index (χ4v) is 2.36. The normalized spacial score (nSPS) is 39.8. The van der Waals surface area contributed by atoms with Crippen molar-refractivity contribution in [3.8, 4) is 0 Å². The first-order valence-electron chi connectivity index (χ1n) is 3.26. The molecule has 1 nitrogen and oxygen atoms in total. The van der Waals surface area contributed by atoms with Gasteiger partial charge in [-0.1, -0.05) is 0 Å². The Hall–Kier alpha value is 0.310. The molecular formula is C6H14NS+. The van der Waals surface area contributed by atoms with Crippen molar-refractivity contribution in [3.63, 3.8) is 0 Å².